The van der Waals surface area contributed by atoms with Crippen molar-refractivity contribution < 1.29 is 4.79 Å². The summed E-state index contributed by atoms with van der Waals surface area (Å²) in [6.45, 7) is 5.35. The Morgan fingerprint density at radius 1 is 1.29 bits per heavy atom. The zero-order valence-corrected chi connectivity index (χ0v) is 13.4. The molecule has 1 heterocycles. The molecule has 1 aliphatic heterocycles. The van der Waals surface area contributed by atoms with Gasteiger partial charge in [0.1, 0.15) is 0 Å². The Hall–Kier alpha value is -1.30. The number of hydrogen-bond donors (Lipinski definition) is 1. The maximum absolute atomic E-state index is 12.5. The van der Waals surface area contributed by atoms with Crippen LogP contribution in [-0.4, -0.2) is 74.0 Å². The molecule has 6 heteroatoms. The maximum atomic E-state index is 12.5. The quantitative estimate of drug-likeness (QED) is 0.850. The molecule has 0 spiro atoms. The molecule has 1 aliphatic rings. The number of halogens is 1. The van der Waals surface area contributed by atoms with Crippen molar-refractivity contribution in [2.24, 2.45) is 0 Å². The van der Waals surface area contributed by atoms with E-state index in [4.69, 9.17) is 17.3 Å². The van der Waals surface area contributed by atoms with Crippen LogP contribution in [0.3, 0.4) is 0 Å². The van der Waals surface area contributed by atoms with Crippen LogP contribution in [0.5, 0.6) is 0 Å². The minimum Gasteiger partial charge on any atom is -0.398 e. The molecule has 116 valence electrons. The topological polar surface area (TPSA) is 52.8 Å². The summed E-state index contributed by atoms with van der Waals surface area (Å²) in [7, 11) is 4.14. The molecule has 0 radical (unpaired) electrons. The van der Waals surface area contributed by atoms with Gasteiger partial charge in [-0.2, -0.15) is 0 Å². The van der Waals surface area contributed by atoms with E-state index in [9.17, 15) is 4.79 Å². The van der Waals surface area contributed by atoms with E-state index in [1.165, 1.54) is 0 Å². The number of rotatable bonds is 4. The van der Waals surface area contributed by atoms with Crippen LogP contribution >= 0.6 is 11.6 Å². The van der Waals surface area contributed by atoms with Crippen molar-refractivity contribution in [3.05, 3.63) is 28.8 Å². The van der Waals surface area contributed by atoms with E-state index in [1.807, 2.05) is 4.90 Å². The van der Waals surface area contributed by atoms with Crippen molar-refractivity contribution in [3.63, 3.8) is 0 Å². The molecule has 0 saturated carbocycles. The molecule has 1 amide bonds. The summed E-state index contributed by atoms with van der Waals surface area (Å²) < 4.78 is 0. The van der Waals surface area contributed by atoms with Crippen LogP contribution in [0.4, 0.5) is 5.69 Å². The van der Waals surface area contributed by atoms with E-state index < -0.39 is 0 Å². The van der Waals surface area contributed by atoms with Gasteiger partial charge in [0.2, 0.25) is 0 Å². The summed E-state index contributed by atoms with van der Waals surface area (Å²) in [5.41, 5.74) is 6.87. The summed E-state index contributed by atoms with van der Waals surface area (Å²) in [5.74, 6) is -0.0257. The zero-order valence-electron chi connectivity index (χ0n) is 12.7. The molecule has 0 atom stereocenters. The van der Waals surface area contributed by atoms with Crippen LogP contribution in [0.25, 0.3) is 0 Å². The van der Waals surface area contributed by atoms with Crippen LogP contribution < -0.4 is 5.73 Å². The van der Waals surface area contributed by atoms with Crippen LogP contribution in [0.15, 0.2) is 18.2 Å². The minimum absolute atomic E-state index is 0.0257. The minimum atomic E-state index is -0.0257. The highest BCUT2D eigenvalue weighted by atomic mass is 35.5. The Morgan fingerprint density at radius 2 is 1.95 bits per heavy atom. The smallest absolute Gasteiger partial charge is 0.256 e. The van der Waals surface area contributed by atoms with Crippen LogP contribution in [-0.2, 0) is 0 Å². The van der Waals surface area contributed by atoms with E-state index in [0.29, 0.717) is 16.3 Å². The lowest BCUT2D eigenvalue weighted by Gasteiger charge is -2.35. The molecule has 5 nitrogen and oxygen atoms in total. The SMILES string of the molecule is CN(C)CCN1CCN(C(=O)c2cc(Cl)ccc2N)CC1. The number of nitrogens with zero attached hydrogens (tertiary/aromatic N) is 3. The molecule has 2 N–H and O–H groups in total. The zero-order chi connectivity index (χ0) is 15.4. The van der Waals surface area contributed by atoms with Gasteiger partial charge >= 0.3 is 0 Å². The maximum Gasteiger partial charge on any atom is 0.256 e. The lowest BCUT2D eigenvalue weighted by molar-refractivity contribution is 0.0631. The summed E-state index contributed by atoms with van der Waals surface area (Å²) in [5, 5.41) is 0.539. The highest BCUT2D eigenvalue weighted by Gasteiger charge is 2.23. The van der Waals surface area contributed by atoms with Crippen LogP contribution in [0.1, 0.15) is 10.4 Å². The normalized spacial score (nSPS) is 16.5. The number of nitrogens with two attached hydrogens (primary N) is 1. The Balaban J connectivity index is 1.92. The summed E-state index contributed by atoms with van der Waals surface area (Å²) in [6, 6.07) is 5.04. The predicted molar refractivity (Wildman–Crippen MR) is 86.8 cm³/mol. The molecule has 0 aromatic heterocycles. The number of benzene rings is 1. The van der Waals surface area contributed by atoms with Gasteiger partial charge in [-0.15, -0.1) is 0 Å². The number of carbonyl (C=O) groups is 1. The van der Waals surface area contributed by atoms with E-state index in [0.717, 1.165) is 39.3 Å². The number of hydrogen-bond acceptors (Lipinski definition) is 4. The Labute approximate surface area is 131 Å². The summed E-state index contributed by atoms with van der Waals surface area (Å²) >= 11 is 5.95. The second kappa shape index (κ2) is 7.11. The van der Waals surface area contributed by atoms with Crippen LogP contribution in [0, 0.1) is 0 Å². The third-order valence-electron chi connectivity index (χ3n) is 3.77. The molecular weight excluding hydrogens is 288 g/mol. The first kappa shape index (κ1) is 16.1. The number of anilines is 1. The van der Waals surface area contributed by atoms with Crippen molar-refractivity contribution in [2.45, 2.75) is 0 Å². The molecule has 0 bridgehead atoms. The van der Waals surface area contributed by atoms with Crippen molar-refractivity contribution in [1.29, 1.82) is 0 Å². The molecule has 1 aromatic rings. The lowest BCUT2D eigenvalue weighted by Crippen LogP contribution is -2.50. The molecular formula is C15H23ClN4O. The van der Waals surface area contributed by atoms with Crippen molar-refractivity contribution in [2.75, 3.05) is 59.1 Å². The van der Waals surface area contributed by atoms with E-state index in [1.54, 1.807) is 18.2 Å². The molecule has 1 aromatic carbocycles. The standard InChI is InChI=1S/C15H23ClN4O/c1-18(2)5-6-19-7-9-20(10-8-19)15(21)13-11-12(16)3-4-14(13)17/h3-4,11H,5-10,17H2,1-2H3. The van der Waals surface area contributed by atoms with Crippen molar-refractivity contribution in [1.82, 2.24) is 14.7 Å². The highest BCUT2D eigenvalue weighted by molar-refractivity contribution is 6.31. The predicted octanol–water partition coefficient (Wildman–Crippen LogP) is 1.24. The van der Waals surface area contributed by atoms with Gasteiger partial charge in [-0.25, -0.2) is 0 Å². The first-order valence-corrected chi connectivity index (χ1v) is 7.56. The number of likely N-dealkylation sites (N-methyl/N-ethyl adjacent to an activating group) is 1. The number of nitrogen functional groups attached to an aromatic ring is 1. The lowest BCUT2D eigenvalue weighted by atomic mass is 10.1. The fourth-order valence-electron chi connectivity index (χ4n) is 2.40. The first-order chi connectivity index (χ1) is 9.97. The fourth-order valence-corrected chi connectivity index (χ4v) is 2.57. The van der Waals surface area contributed by atoms with Gasteiger partial charge in [0, 0.05) is 50.0 Å². The Kier molecular flexibility index (Phi) is 5.45. The highest BCUT2D eigenvalue weighted by Crippen LogP contribution is 2.20. The largest absolute Gasteiger partial charge is 0.398 e. The number of piperazine rings is 1. The monoisotopic (exact) mass is 310 g/mol. The summed E-state index contributed by atoms with van der Waals surface area (Å²) in [6.07, 6.45) is 0. The Bertz CT molecular complexity index is 498. The molecule has 0 unspecified atom stereocenters. The van der Waals surface area contributed by atoms with Gasteiger partial charge in [-0.05, 0) is 32.3 Å². The van der Waals surface area contributed by atoms with Crippen LogP contribution in [0.2, 0.25) is 5.02 Å². The molecule has 1 saturated heterocycles. The number of amides is 1. The van der Waals surface area contributed by atoms with Gasteiger partial charge in [-0.3, -0.25) is 9.69 Å². The van der Waals surface area contributed by atoms with Crippen molar-refractivity contribution in [3.8, 4) is 0 Å². The van der Waals surface area contributed by atoms with Gasteiger partial charge < -0.3 is 15.5 Å². The molecule has 21 heavy (non-hydrogen) atoms. The summed E-state index contributed by atoms with van der Waals surface area (Å²) in [4.78, 5) is 18.9. The van der Waals surface area contributed by atoms with E-state index >= 15 is 0 Å². The van der Waals surface area contributed by atoms with E-state index in [2.05, 4.69) is 23.9 Å². The first-order valence-electron chi connectivity index (χ1n) is 7.19. The fraction of sp³-hybridized carbons (Fsp3) is 0.533. The van der Waals surface area contributed by atoms with Gasteiger partial charge in [0.15, 0.2) is 0 Å². The second-order valence-electron chi connectivity index (χ2n) is 5.67. The third kappa shape index (κ3) is 4.33. The average molecular weight is 311 g/mol. The van der Waals surface area contributed by atoms with Gasteiger partial charge in [0.05, 0.1) is 5.56 Å². The number of carbonyl (C=O) groups excluding carboxylic acids is 1. The van der Waals surface area contributed by atoms with Gasteiger partial charge in [-0.1, -0.05) is 11.6 Å². The third-order valence-corrected chi connectivity index (χ3v) is 4.00. The molecule has 0 aliphatic carbocycles. The van der Waals surface area contributed by atoms with Crippen molar-refractivity contribution >= 4 is 23.2 Å². The molecule has 2 rings (SSSR count). The molecule has 1 fully saturated rings. The Morgan fingerprint density at radius 3 is 2.57 bits per heavy atom. The second-order valence-corrected chi connectivity index (χ2v) is 6.11. The van der Waals surface area contributed by atoms with Gasteiger partial charge in [0.25, 0.3) is 5.91 Å². The van der Waals surface area contributed by atoms with E-state index in [-0.39, 0.29) is 5.91 Å². The average Bonchev–Trinajstić information content (AvgIpc) is 2.47.